The van der Waals surface area contributed by atoms with Crippen molar-refractivity contribution in [3.8, 4) is 0 Å². The molecule has 6 heteroatoms. The van der Waals surface area contributed by atoms with E-state index in [1.807, 2.05) is 20.9 Å². The number of carbonyl (C=O) groups is 1. The van der Waals surface area contributed by atoms with Crippen LogP contribution in [0.15, 0.2) is 4.47 Å². The Bertz CT molecular complexity index is 529. The van der Waals surface area contributed by atoms with E-state index in [1.54, 1.807) is 0 Å². The minimum Gasteiger partial charge on any atom is -0.465 e. The molecule has 1 saturated carbocycles. The van der Waals surface area contributed by atoms with Crippen LogP contribution in [-0.2, 0) is 9.53 Å². The van der Waals surface area contributed by atoms with Crippen LogP contribution in [0, 0.1) is 13.8 Å². The van der Waals surface area contributed by atoms with Crippen LogP contribution >= 0.6 is 15.9 Å². The van der Waals surface area contributed by atoms with E-state index in [4.69, 9.17) is 4.74 Å². The van der Waals surface area contributed by atoms with Crippen molar-refractivity contribution >= 4 is 21.9 Å². The third-order valence-electron chi connectivity index (χ3n) is 4.45. The summed E-state index contributed by atoms with van der Waals surface area (Å²) in [6.07, 6.45) is 3.56. The highest BCUT2D eigenvalue weighted by atomic mass is 79.9. The van der Waals surface area contributed by atoms with E-state index in [9.17, 15) is 4.79 Å². The maximum atomic E-state index is 12.4. The minimum atomic E-state index is -0.586. The zero-order valence-electron chi connectivity index (χ0n) is 13.2. The van der Waals surface area contributed by atoms with Gasteiger partial charge in [-0.25, -0.2) is 0 Å². The lowest BCUT2D eigenvalue weighted by atomic mass is 9.79. The molecule has 2 rings (SSSR count). The lowest BCUT2D eigenvalue weighted by Gasteiger charge is -2.39. The first-order chi connectivity index (χ1) is 9.95. The molecule has 0 saturated heterocycles. The van der Waals surface area contributed by atoms with Gasteiger partial charge in [0, 0.05) is 0 Å². The van der Waals surface area contributed by atoms with Crippen molar-refractivity contribution in [1.29, 1.82) is 0 Å². The van der Waals surface area contributed by atoms with Crippen LogP contribution in [0.4, 0.5) is 0 Å². The van der Waals surface area contributed by atoms with Gasteiger partial charge in [0.1, 0.15) is 5.54 Å². The van der Waals surface area contributed by atoms with Gasteiger partial charge in [-0.1, -0.05) is 0 Å². The van der Waals surface area contributed by atoms with Crippen molar-refractivity contribution in [2.45, 2.75) is 58.0 Å². The molecule has 0 aromatic carbocycles. The molecular formula is C15H24BrN3O2. The molecule has 21 heavy (non-hydrogen) atoms. The maximum absolute atomic E-state index is 12.4. The Hall–Kier alpha value is -0.880. The van der Waals surface area contributed by atoms with Crippen molar-refractivity contribution in [3.05, 3.63) is 15.9 Å². The number of esters is 1. The number of rotatable bonds is 4. The van der Waals surface area contributed by atoms with E-state index in [2.05, 4.69) is 38.0 Å². The van der Waals surface area contributed by atoms with Crippen molar-refractivity contribution in [1.82, 2.24) is 15.1 Å². The number of hydrogen-bond donors (Lipinski definition) is 1. The first-order valence-corrected chi connectivity index (χ1v) is 8.32. The average Bonchev–Trinajstić information content (AvgIpc) is 2.75. The van der Waals surface area contributed by atoms with E-state index in [-0.39, 0.29) is 12.0 Å². The molecule has 1 aliphatic rings. The molecular weight excluding hydrogens is 334 g/mol. The molecule has 0 aliphatic heterocycles. The van der Waals surface area contributed by atoms with Crippen LogP contribution < -0.4 is 5.32 Å². The van der Waals surface area contributed by atoms with Crippen LogP contribution in [-0.4, -0.2) is 34.9 Å². The molecule has 0 spiro atoms. The zero-order valence-corrected chi connectivity index (χ0v) is 14.8. The molecule has 118 valence electrons. The van der Waals surface area contributed by atoms with Crippen LogP contribution in [0.1, 0.15) is 50.0 Å². The second-order valence-corrected chi connectivity index (χ2v) is 6.53. The number of carbonyl (C=O) groups excluding carboxylic acids is 1. The Morgan fingerprint density at radius 3 is 2.81 bits per heavy atom. The van der Waals surface area contributed by atoms with Gasteiger partial charge < -0.3 is 10.1 Å². The van der Waals surface area contributed by atoms with Gasteiger partial charge >= 0.3 is 5.97 Å². The van der Waals surface area contributed by atoms with E-state index in [0.29, 0.717) is 6.61 Å². The van der Waals surface area contributed by atoms with Gasteiger partial charge in [0.2, 0.25) is 0 Å². The Labute approximate surface area is 134 Å². The van der Waals surface area contributed by atoms with Crippen molar-refractivity contribution in [2.75, 3.05) is 13.7 Å². The van der Waals surface area contributed by atoms with Gasteiger partial charge in [0.25, 0.3) is 0 Å². The molecule has 0 amide bonds. The third-order valence-corrected chi connectivity index (χ3v) is 5.60. The average molecular weight is 358 g/mol. The Kier molecular flexibility index (Phi) is 5.09. The minimum absolute atomic E-state index is 0.141. The highest BCUT2D eigenvalue weighted by Gasteiger charge is 2.43. The SMILES string of the molecule is CCOC(=O)C1(NC)CCCC(n2nc(C)c(Br)c2C)C1. The predicted molar refractivity (Wildman–Crippen MR) is 85.3 cm³/mol. The van der Waals surface area contributed by atoms with Crippen molar-refractivity contribution in [2.24, 2.45) is 0 Å². The van der Waals surface area contributed by atoms with Gasteiger partial charge in [-0.2, -0.15) is 5.10 Å². The van der Waals surface area contributed by atoms with Crippen molar-refractivity contribution in [3.63, 3.8) is 0 Å². The molecule has 1 heterocycles. The molecule has 0 radical (unpaired) electrons. The summed E-state index contributed by atoms with van der Waals surface area (Å²) in [5.41, 5.74) is 1.52. The number of aryl methyl sites for hydroxylation is 1. The molecule has 0 bridgehead atoms. The number of nitrogens with zero attached hydrogens (tertiary/aromatic N) is 2. The summed E-state index contributed by atoms with van der Waals surface area (Å²) in [5, 5.41) is 7.84. The van der Waals surface area contributed by atoms with Crippen LogP contribution in [0.25, 0.3) is 0 Å². The van der Waals surface area contributed by atoms with Crippen LogP contribution in [0.3, 0.4) is 0 Å². The van der Waals surface area contributed by atoms with E-state index < -0.39 is 5.54 Å². The van der Waals surface area contributed by atoms with Crippen LogP contribution in [0.5, 0.6) is 0 Å². The van der Waals surface area contributed by atoms with Gasteiger partial charge in [-0.3, -0.25) is 9.48 Å². The summed E-state index contributed by atoms with van der Waals surface area (Å²) in [4.78, 5) is 12.4. The summed E-state index contributed by atoms with van der Waals surface area (Å²) >= 11 is 3.58. The second-order valence-electron chi connectivity index (χ2n) is 5.73. The zero-order chi connectivity index (χ0) is 15.6. The first-order valence-electron chi connectivity index (χ1n) is 7.52. The number of halogens is 1. The number of nitrogens with one attached hydrogen (secondary N) is 1. The third kappa shape index (κ3) is 3.01. The highest BCUT2D eigenvalue weighted by molar-refractivity contribution is 9.10. The summed E-state index contributed by atoms with van der Waals surface area (Å²) in [5.74, 6) is -0.141. The summed E-state index contributed by atoms with van der Waals surface area (Å²) in [6.45, 7) is 6.31. The molecule has 1 aromatic rings. The standard InChI is InChI=1S/C15H24BrN3O2/c1-5-21-14(20)15(17-4)8-6-7-12(9-15)19-11(3)13(16)10(2)18-19/h12,17H,5-9H2,1-4H3. The lowest BCUT2D eigenvalue weighted by Crippen LogP contribution is -2.54. The number of ether oxygens (including phenoxy) is 1. The highest BCUT2D eigenvalue weighted by Crippen LogP contribution is 2.37. The fourth-order valence-corrected chi connectivity index (χ4v) is 3.50. The lowest BCUT2D eigenvalue weighted by molar-refractivity contribution is -0.153. The van der Waals surface area contributed by atoms with Crippen LogP contribution in [0.2, 0.25) is 0 Å². The Morgan fingerprint density at radius 1 is 1.57 bits per heavy atom. The molecule has 2 unspecified atom stereocenters. The van der Waals surface area contributed by atoms with E-state index >= 15 is 0 Å². The van der Waals surface area contributed by atoms with Gasteiger partial charge in [-0.05, 0) is 69.4 Å². The summed E-state index contributed by atoms with van der Waals surface area (Å²) < 4.78 is 8.39. The van der Waals surface area contributed by atoms with Crippen molar-refractivity contribution < 1.29 is 9.53 Å². The molecule has 1 aromatic heterocycles. The second kappa shape index (κ2) is 6.48. The fraction of sp³-hybridized carbons (Fsp3) is 0.733. The largest absolute Gasteiger partial charge is 0.465 e. The molecule has 1 aliphatic carbocycles. The fourth-order valence-electron chi connectivity index (χ4n) is 3.24. The molecule has 1 fully saturated rings. The van der Waals surface area contributed by atoms with E-state index in [1.165, 1.54) is 0 Å². The molecule has 2 atom stereocenters. The monoisotopic (exact) mass is 357 g/mol. The Morgan fingerprint density at radius 2 is 2.29 bits per heavy atom. The Balaban J connectivity index is 2.27. The maximum Gasteiger partial charge on any atom is 0.326 e. The normalized spacial score (nSPS) is 25.9. The summed E-state index contributed by atoms with van der Waals surface area (Å²) in [7, 11) is 1.84. The van der Waals surface area contributed by atoms with Gasteiger partial charge in [0.15, 0.2) is 0 Å². The number of aromatic nitrogens is 2. The quantitative estimate of drug-likeness (QED) is 0.841. The van der Waals surface area contributed by atoms with Gasteiger partial charge in [0.05, 0.1) is 28.5 Å². The van der Waals surface area contributed by atoms with Gasteiger partial charge in [-0.15, -0.1) is 0 Å². The molecule has 1 N–H and O–H groups in total. The smallest absolute Gasteiger partial charge is 0.326 e. The summed E-state index contributed by atoms with van der Waals surface area (Å²) in [6, 6.07) is 0.223. The number of hydrogen-bond acceptors (Lipinski definition) is 4. The van der Waals surface area contributed by atoms with E-state index in [0.717, 1.165) is 41.5 Å². The number of likely N-dealkylation sites (N-methyl/N-ethyl adjacent to an activating group) is 1. The topological polar surface area (TPSA) is 56.1 Å². The predicted octanol–water partition coefficient (Wildman–Crippen LogP) is 2.90. The molecule has 5 nitrogen and oxygen atoms in total. The first kappa shape index (κ1) is 16.5.